The van der Waals surface area contributed by atoms with Crippen molar-refractivity contribution in [3.05, 3.63) is 198 Å². The first-order valence-corrected chi connectivity index (χ1v) is 17.3. The summed E-state index contributed by atoms with van der Waals surface area (Å²) < 4.78 is 6.29. The number of hydrogen-bond donors (Lipinski definition) is 2. The molecule has 0 aliphatic carbocycles. The summed E-state index contributed by atoms with van der Waals surface area (Å²) in [6.07, 6.45) is 1.74. The van der Waals surface area contributed by atoms with Crippen LogP contribution in [0.3, 0.4) is 0 Å². The molecule has 5 heteroatoms. The van der Waals surface area contributed by atoms with Crippen LogP contribution in [0, 0.1) is 11.3 Å². The molecular weight excluding hydrogens is 637 g/mol. The molecule has 246 valence electrons. The molecule has 1 aromatic heterocycles. The van der Waals surface area contributed by atoms with Gasteiger partial charge in [0.25, 0.3) is 0 Å². The van der Waals surface area contributed by atoms with Crippen molar-refractivity contribution >= 4 is 44.7 Å². The second kappa shape index (κ2) is 13.3. The smallest absolute Gasteiger partial charge is 0.145 e. The van der Waals surface area contributed by atoms with Crippen molar-refractivity contribution in [2.75, 3.05) is 5.32 Å². The van der Waals surface area contributed by atoms with E-state index in [1.54, 1.807) is 0 Å². The van der Waals surface area contributed by atoms with Crippen molar-refractivity contribution in [2.24, 2.45) is 4.99 Å². The van der Waals surface area contributed by atoms with Crippen LogP contribution >= 0.6 is 0 Å². The summed E-state index contributed by atoms with van der Waals surface area (Å²) in [5.74, 6) is 0. The van der Waals surface area contributed by atoms with Crippen LogP contribution in [0.15, 0.2) is 185 Å². The SMILES string of the molecule is N#Cc1cccc(C2=NC(c3ccc(Nc4ccc(-c5ccccc5)cc4-c4ccc5c(c4)oc4ccccc45)cc3)NC(c3ccccc3)=C2)c1. The Morgan fingerprint density at radius 3 is 2.10 bits per heavy atom. The minimum atomic E-state index is -0.314. The quantitative estimate of drug-likeness (QED) is 0.177. The number of allylic oxidation sites excluding steroid dienone is 1. The highest BCUT2D eigenvalue weighted by atomic mass is 16.3. The summed E-state index contributed by atoms with van der Waals surface area (Å²) in [4.78, 5) is 5.11. The second-order valence-electron chi connectivity index (χ2n) is 12.9. The van der Waals surface area contributed by atoms with Crippen LogP contribution in [0.4, 0.5) is 11.4 Å². The van der Waals surface area contributed by atoms with Gasteiger partial charge in [-0.1, -0.05) is 115 Å². The van der Waals surface area contributed by atoms with Gasteiger partial charge in [-0.25, -0.2) is 0 Å². The van der Waals surface area contributed by atoms with Crippen LogP contribution in [-0.4, -0.2) is 5.71 Å². The Bertz CT molecular complexity index is 2680. The van der Waals surface area contributed by atoms with Crippen molar-refractivity contribution in [2.45, 2.75) is 6.17 Å². The molecule has 0 bridgehead atoms. The number of nitrogens with zero attached hydrogens (tertiary/aromatic N) is 2. The van der Waals surface area contributed by atoms with Crippen LogP contribution in [0.25, 0.3) is 49.9 Å². The Balaban J connectivity index is 1.06. The summed E-state index contributed by atoms with van der Waals surface area (Å²) in [6.45, 7) is 0. The highest BCUT2D eigenvalue weighted by molar-refractivity contribution is 6.13. The first-order chi connectivity index (χ1) is 25.7. The maximum Gasteiger partial charge on any atom is 0.145 e. The molecule has 0 saturated carbocycles. The fourth-order valence-electron chi connectivity index (χ4n) is 6.88. The Kier molecular flexibility index (Phi) is 7.88. The highest BCUT2D eigenvalue weighted by Crippen LogP contribution is 2.38. The topological polar surface area (TPSA) is 73.3 Å². The normalized spacial score (nSPS) is 13.9. The molecule has 8 aromatic rings. The van der Waals surface area contributed by atoms with Gasteiger partial charge < -0.3 is 15.1 Å². The molecule has 1 aliphatic heterocycles. The molecule has 9 rings (SSSR count). The first kappa shape index (κ1) is 30.9. The number of rotatable bonds is 7. The standard InChI is InChI=1S/C47H32N4O/c48-30-31-10-9-15-37(26-31)44-29-43(33-13-5-2-6-14-33)50-47(51-44)34-18-22-38(23-19-34)49-42-25-21-35(32-11-3-1-4-12-32)27-41(42)36-20-24-40-39-16-7-8-17-45(39)52-46(40)28-36/h1-29,47,49-50H. The van der Waals surface area contributed by atoms with E-state index in [0.717, 1.165) is 83.7 Å². The average molecular weight is 669 g/mol. The number of nitriles is 1. The summed E-state index contributed by atoms with van der Waals surface area (Å²) in [5.41, 5.74) is 13.6. The van der Waals surface area contributed by atoms with Crippen molar-refractivity contribution in [3.63, 3.8) is 0 Å². The van der Waals surface area contributed by atoms with E-state index in [1.165, 1.54) is 0 Å². The zero-order chi connectivity index (χ0) is 34.9. The van der Waals surface area contributed by atoms with Gasteiger partial charge in [0.2, 0.25) is 0 Å². The van der Waals surface area contributed by atoms with Gasteiger partial charge in [-0.05, 0) is 88.5 Å². The van der Waals surface area contributed by atoms with Crippen LogP contribution in [-0.2, 0) is 0 Å². The van der Waals surface area contributed by atoms with Gasteiger partial charge in [-0.15, -0.1) is 0 Å². The Morgan fingerprint density at radius 1 is 0.577 bits per heavy atom. The van der Waals surface area contributed by atoms with Gasteiger partial charge in [0.05, 0.1) is 17.3 Å². The maximum absolute atomic E-state index is 9.54. The molecule has 2 heterocycles. The fraction of sp³-hybridized carbons (Fsp3) is 0.0213. The summed E-state index contributed by atoms with van der Waals surface area (Å²) in [7, 11) is 0. The average Bonchev–Trinajstić information content (AvgIpc) is 3.60. The molecule has 0 spiro atoms. The molecule has 7 aromatic carbocycles. The number of hydrogen-bond acceptors (Lipinski definition) is 5. The van der Waals surface area contributed by atoms with Crippen molar-refractivity contribution in [3.8, 4) is 28.3 Å². The zero-order valence-corrected chi connectivity index (χ0v) is 28.1. The van der Waals surface area contributed by atoms with E-state index >= 15 is 0 Å². The van der Waals surface area contributed by atoms with Gasteiger partial charge >= 0.3 is 0 Å². The molecule has 0 radical (unpaired) electrons. The molecule has 2 N–H and O–H groups in total. The third-order valence-electron chi connectivity index (χ3n) is 9.54. The number of nitrogens with one attached hydrogen (secondary N) is 2. The lowest BCUT2D eigenvalue weighted by atomic mass is 9.96. The lowest BCUT2D eigenvalue weighted by Gasteiger charge is -2.25. The van der Waals surface area contributed by atoms with Gasteiger partial charge in [0, 0.05) is 39.0 Å². The second-order valence-corrected chi connectivity index (χ2v) is 12.9. The molecule has 5 nitrogen and oxygen atoms in total. The summed E-state index contributed by atoms with van der Waals surface area (Å²) in [6, 6.07) is 60.2. The minimum Gasteiger partial charge on any atom is -0.456 e. The van der Waals surface area contributed by atoms with Gasteiger partial charge in [0.1, 0.15) is 17.3 Å². The predicted octanol–water partition coefficient (Wildman–Crippen LogP) is 11.7. The van der Waals surface area contributed by atoms with Crippen LogP contribution in [0.2, 0.25) is 0 Å². The van der Waals surface area contributed by atoms with Crippen LogP contribution < -0.4 is 10.6 Å². The summed E-state index contributed by atoms with van der Waals surface area (Å²) in [5, 5.41) is 19.1. The van der Waals surface area contributed by atoms with E-state index in [-0.39, 0.29) is 6.17 Å². The van der Waals surface area contributed by atoms with E-state index in [9.17, 15) is 5.26 Å². The number of benzene rings is 7. The van der Waals surface area contributed by atoms with E-state index in [2.05, 4.69) is 126 Å². The van der Waals surface area contributed by atoms with Crippen molar-refractivity contribution in [1.82, 2.24) is 5.32 Å². The largest absolute Gasteiger partial charge is 0.456 e. The Morgan fingerprint density at radius 2 is 1.29 bits per heavy atom. The molecule has 0 fully saturated rings. The van der Waals surface area contributed by atoms with Crippen molar-refractivity contribution in [1.29, 1.82) is 5.26 Å². The number of fused-ring (bicyclic) bond motifs is 3. The van der Waals surface area contributed by atoms with Crippen molar-refractivity contribution < 1.29 is 4.42 Å². The number of para-hydroxylation sites is 1. The molecule has 1 atom stereocenters. The lowest BCUT2D eigenvalue weighted by molar-refractivity contribution is 0.664. The molecule has 0 amide bonds. The van der Waals surface area contributed by atoms with Crippen LogP contribution in [0.1, 0.15) is 28.4 Å². The molecule has 0 saturated heterocycles. The predicted molar refractivity (Wildman–Crippen MR) is 212 cm³/mol. The number of furan rings is 1. The molecule has 1 unspecified atom stereocenters. The monoisotopic (exact) mass is 668 g/mol. The van der Waals surface area contributed by atoms with E-state index in [1.807, 2.05) is 66.7 Å². The summed E-state index contributed by atoms with van der Waals surface area (Å²) >= 11 is 0. The van der Waals surface area contributed by atoms with Gasteiger partial charge in [-0.2, -0.15) is 5.26 Å². The zero-order valence-electron chi connectivity index (χ0n) is 28.1. The minimum absolute atomic E-state index is 0.314. The van der Waals surface area contributed by atoms with Gasteiger partial charge in [-0.3, -0.25) is 4.99 Å². The number of aliphatic imine (C=N–C) groups is 1. The number of anilines is 2. The Labute approximate surface area is 301 Å². The maximum atomic E-state index is 9.54. The van der Waals surface area contributed by atoms with Crippen LogP contribution in [0.5, 0.6) is 0 Å². The van der Waals surface area contributed by atoms with E-state index < -0.39 is 0 Å². The van der Waals surface area contributed by atoms with E-state index in [0.29, 0.717) is 5.56 Å². The first-order valence-electron chi connectivity index (χ1n) is 17.3. The molecule has 1 aliphatic rings. The third kappa shape index (κ3) is 6.00. The van der Waals surface area contributed by atoms with E-state index in [4.69, 9.17) is 9.41 Å². The fourth-order valence-corrected chi connectivity index (χ4v) is 6.88. The Hall–Kier alpha value is -7.16. The molecular formula is C47H32N4O. The van der Waals surface area contributed by atoms with Gasteiger partial charge in [0.15, 0.2) is 0 Å². The molecule has 52 heavy (non-hydrogen) atoms. The lowest BCUT2D eigenvalue weighted by Crippen LogP contribution is -2.24. The highest BCUT2D eigenvalue weighted by Gasteiger charge is 2.20. The third-order valence-corrected chi connectivity index (χ3v) is 9.54.